The molecule has 16 nitrogen and oxygen atoms in total. The predicted molar refractivity (Wildman–Crippen MR) is 440 cm³/mol. The molecule has 0 saturated carbocycles. The largest absolute Gasteiger partial charge is 0.370 e. The highest BCUT2D eigenvalue weighted by molar-refractivity contribution is 7.55. The topological polar surface area (TPSA) is 194 Å². The molecule has 108 heavy (non-hydrogen) atoms. The first kappa shape index (κ1) is 71.4. The Morgan fingerprint density at radius 2 is 0.630 bits per heavy atom. The van der Waals surface area contributed by atoms with E-state index in [0.717, 1.165) is 67.3 Å². The predicted octanol–water partition coefficient (Wildman–Crippen LogP) is 23.3. The summed E-state index contributed by atoms with van der Waals surface area (Å²) in [6, 6.07) is 104. The van der Waals surface area contributed by atoms with E-state index in [-0.39, 0.29) is 75.1 Å². The minimum Gasteiger partial charge on any atom is -0.370 e. The number of pyridine rings is 2. The summed E-state index contributed by atoms with van der Waals surface area (Å²) < 4.78 is 0. The van der Waals surface area contributed by atoms with Gasteiger partial charge >= 0.3 is 5.82 Å². The Morgan fingerprint density at radius 3 is 0.991 bits per heavy atom. The van der Waals surface area contributed by atoms with Crippen LogP contribution in [0.2, 0.25) is 6.82 Å². The number of para-hydroxylation sites is 2. The second-order valence-electron chi connectivity index (χ2n) is 24.4. The van der Waals surface area contributed by atoms with Gasteiger partial charge in [-0.1, -0.05) is 240 Å². The van der Waals surface area contributed by atoms with Crippen LogP contribution in [-0.4, -0.2) is 46.9 Å². The molecular formula is C90H61BN16P. The smallest absolute Gasteiger partial charge is 0.307 e. The van der Waals surface area contributed by atoms with Gasteiger partial charge in [0.05, 0.1) is 22.4 Å². The van der Waals surface area contributed by atoms with Gasteiger partial charge in [-0.05, 0) is 131 Å². The Hall–Kier alpha value is -15.0. The number of nitrogens with zero attached hydrogens (tertiary/aromatic N) is 16. The molecule has 17 rings (SSSR count). The maximum absolute atomic E-state index is 9.30. The number of nitriles is 3. The zero-order valence-electron chi connectivity index (χ0n) is 57.9. The fourth-order valence-electron chi connectivity index (χ4n) is 13.1. The Balaban J connectivity index is 0.000000145. The van der Waals surface area contributed by atoms with Gasteiger partial charge in [0, 0.05) is 55.7 Å². The number of fused-ring (bicyclic) bond motifs is 11. The Morgan fingerprint density at radius 1 is 0.324 bits per heavy atom. The SMILES string of the molecule is C.C[B]P.Cc1cc(-c2ccccc2)c2ccc3c(-c4ccccc4)cc(C)nc3c2n1.[C-]#[N+]c1nc2c(nc1C#N)c1nc(C#N)c(C#N)nc1c1nc([N+]#[C-])c([N+]#[C-])nc21.c1ccc(N(c2ccc(-c3ccc(N(c4ccccc4)c4cccc5ccccc45)cc3)cc2)c2cccc3ccccc23)cc1. The summed E-state index contributed by atoms with van der Waals surface area (Å²) in [6.45, 7) is 29.7. The summed E-state index contributed by atoms with van der Waals surface area (Å²) in [4.78, 5) is 48.9. The number of hydrogen-bond donors (Lipinski definition) is 0. The highest BCUT2D eigenvalue weighted by Crippen LogP contribution is 2.44. The van der Waals surface area contributed by atoms with E-state index in [1.807, 2.05) is 26.0 Å². The normalized spacial score (nSPS) is 10.5. The van der Waals surface area contributed by atoms with Crippen LogP contribution in [-0.2, 0) is 0 Å². The summed E-state index contributed by atoms with van der Waals surface area (Å²) in [5.41, 5.74) is 17.1. The molecule has 0 saturated heterocycles. The highest BCUT2D eigenvalue weighted by Gasteiger charge is 2.29. The Kier molecular flexibility index (Phi) is 21.3. The van der Waals surface area contributed by atoms with Crippen molar-refractivity contribution >= 4 is 144 Å². The van der Waals surface area contributed by atoms with Crippen molar-refractivity contribution in [3.8, 4) is 51.6 Å². The van der Waals surface area contributed by atoms with Crippen molar-refractivity contribution in [2.45, 2.75) is 28.1 Å². The third kappa shape index (κ3) is 14.2. The molecular weight excluding hydrogens is 1350 g/mol. The molecule has 12 aromatic carbocycles. The van der Waals surface area contributed by atoms with Crippen LogP contribution in [0.1, 0.15) is 35.9 Å². The molecule has 509 valence electrons. The maximum atomic E-state index is 9.30. The molecule has 0 aliphatic heterocycles. The van der Waals surface area contributed by atoms with Crippen LogP contribution in [0.4, 0.5) is 51.6 Å². The molecule has 1 atom stereocenters. The third-order valence-electron chi connectivity index (χ3n) is 17.8. The number of rotatable bonds is 9. The molecule has 5 heterocycles. The van der Waals surface area contributed by atoms with Gasteiger partial charge in [-0.25, -0.2) is 15.0 Å². The number of benzene rings is 12. The molecule has 0 bridgehead atoms. The van der Waals surface area contributed by atoms with E-state index < -0.39 is 0 Å². The molecule has 1 radical (unpaired) electrons. The van der Waals surface area contributed by atoms with Gasteiger partial charge in [-0.15, -0.1) is 15.0 Å². The van der Waals surface area contributed by atoms with Gasteiger partial charge in [-0.3, -0.25) is 9.97 Å². The van der Waals surface area contributed by atoms with Gasteiger partial charge in [0.15, 0.2) is 17.1 Å². The van der Waals surface area contributed by atoms with Gasteiger partial charge in [0.1, 0.15) is 41.8 Å². The lowest BCUT2D eigenvalue weighted by Gasteiger charge is -2.27. The standard InChI is InChI=1S/C44H32N2.C26H20N2.C18N12.CH5BP.CH4/c1-3-17-37(18-4-1)45(43-23-11-15-35-13-7-9-21-41(35)43)39-29-25-33(26-30-39)34-27-31-40(32-28-34)46(38-19-5-2-6-20-38)44-24-12-16-36-14-8-10-22-42(36)44;1-17-15-23(19-9-5-3-6-10-19)21-13-14-22-24(20-11-7-4-8-12-20)16-18(2)28-26(22)25(21)27-17;1-22-16-9(6-21)27-12-10-11(26-8(5-20)7(4-19)25-10)14-15(13(12)28-16)30-18(24-3)17(23-2)29-14;1-2-3;/h1-32H;3-16H,1-2H3;;3H2,1H3;1H4. The minimum atomic E-state index is -0.298. The fourth-order valence-corrected chi connectivity index (χ4v) is 13.1. The van der Waals surface area contributed by atoms with Gasteiger partial charge in [-0.2, -0.15) is 24.9 Å². The van der Waals surface area contributed by atoms with Crippen molar-refractivity contribution in [3.63, 3.8) is 0 Å². The lowest BCUT2D eigenvalue weighted by Crippen LogP contribution is -2.10. The molecule has 18 heteroatoms. The molecule has 0 aliphatic rings. The first-order valence-corrected chi connectivity index (χ1v) is 34.5. The lowest BCUT2D eigenvalue weighted by atomic mass is 9.95. The van der Waals surface area contributed by atoms with E-state index >= 15 is 0 Å². The van der Waals surface area contributed by atoms with Crippen LogP contribution in [0.5, 0.6) is 0 Å². The average Bonchev–Trinajstić information content (AvgIpc) is 0.675. The monoisotopic (exact) mass is 1410 g/mol. The van der Waals surface area contributed by atoms with Crippen molar-refractivity contribution in [3.05, 3.63) is 342 Å². The van der Waals surface area contributed by atoms with E-state index in [1.54, 1.807) is 18.2 Å². The molecule has 1 unspecified atom stereocenters. The van der Waals surface area contributed by atoms with Crippen LogP contribution in [0.3, 0.4) is 0 Å². The minimum absolute atomic E-state index is 0. The summed E-state index contributed by atoms with van der Waals surface area (Å²) in [5.74, 6) is -0.890. The van der Waals surface area contributed by atoms with Crippen molar-refractivity contribution in [1.82, 2.24) is 39.9 Å². The molecule has 0 amide bonds. The summed E-state index contributed by atoms with van der Waals surface area (Å²) in [5, 5.41) is 35.1. The summed E-state index contributed by atoms with van der Waals surface area (Å²) >= 11 is 0. The maximum Gasteiger partial charge on any atom is 0.307 e. The van der Waals surface area contributed by atoms with Gasteiger partial charge in [0.2, 0.25) is 11.0 Å². The van der Waals surface area contributed by atoms with Crippen molar-refractivity contribution < 1.29 is 0 Å². The molecule has 5 aromatic heterocycles. The zero-order valence-corrected chi connectivity index (χ0v) is 59.0. The van der Waals surface area contributed by atoms with Crippen molar-refractivity contribution in [1.29, 1.82) is 15.8 Å². The second kappa shape index (κ2) is 32.1. The van der Waals surface area contributed by atoms with E-state index in [2.05, 4.69) is 344 Å². The average molecular weight is 1410 g/mol. The molecule has 0 aliphatic carbocycles. The van der Waals surface area contributed by atoms with E-state index in [4.69, 9.17) is 29.7 Å². The van der Waals surface area contributed by atoms with Crippen LogP contribution in [0.25, 0.3) is 124 Å². The molecule has 0 N–H and O–H groups in total. The zero-order chi connectivity index (χ0) is 73.9. The molecule has 0 spiro atoms. The number of aromatic nitrogens is 8. The Labute approximate surface area is 627 Å². The van der Waals surface area contributed by atoms with E-state index in [9.17, 15) is 15.8 Å². The molecule has 17 aromatic rings. The highest BCUT2D eigenvalue weighted by atomic mass is 31.0. The Bertz CT molecular complexity index is 5910. The molecule has 0 fully saturated rings. The van der Waals surface area contributed by atoms with Crippen molar-refractivity contribution in [2.75, 3.05) is 9.80 Å². The summed E-state index contributed by atoms with van der Waals surface area (Å²) in [7, 11) is 2.45. The third-order valence-corrected chi connectivity index (χ3v) is 17.8. The number of hydrogen-bond acceptors (Lipinski definition) is 13. The van der Waals surface area contributed by atoms with Crippen LogP contribution >= 0.6 is 9.12 Å². The van der Waals surface area contributed by atoms with Gasteiger partial charge in [0.25, 0.3) is 17.2 Å². The van der Waals surface area contributed by atoms with Crippen molar-refractivity contribution in [2.24, 2.45) is 0 Å². The first-order chi connectivity index (χ1) is 52.5. The van der Waals surface area contributed by atoms with Crippen LogP contribution in [0, 0.1) is 67.6 Å². The quantitative estimate of drug-likeness (QED) is 0.0574. The van der Waals surface area contributed by atoms with E-state index in [1.165, 1.54) is 54.9 Å². The number of aryl methyl sites for hydroxylation is 2. The number of anilines is 6. The first-order valence-electron chi connectivity index (χ1n) is 33.8. The lowest BCUT2D eigenvalue weighted by molar-refractivity contribution is 1.19. The van der Waals surface area contributed by atoms with Crippen LogP contribution < -0.4 is 9.80 Å². The fraction of sp³-hybridized carbons (Fsp3) is 0.0444. The van der Waals surface area contributed by atoms with Gasteiger partial charge < -0.3 is 24.3 Å². The second-order valence-corrected chi connectivity index (χ2v) is 25.1. The van der Waals surface area contributed by atoms with E-state index in [0.29, 0.717) is 0 Å². The van der Waals surface area contributed by atoms with Crippen LogP contribution in [0.15, 0.2) is 279 Å². The summed E-state index contributed by atoms with van der Waals surface area (Å²) in [6.07, 6.45) is 0.